The number of fused-ring (bicyclic) bond motifs is 1. The minimum Gasteiger partial charge on any atom is -0.324 e. The lowest BCUT2D eigenvalue weighted by atomic mass is 9.80. The summed E-state index contributed by atoms with van der Waals surface area (Å²) in [6.07, 6.45) is 9.47. The van der Waals surface area contributed by atoms with Crippen LogP contribution in [0, 0.1) is 12.8 Å². The molecule has 0 spiro atoms. The van der Waals surface area contributed by atoms with Crippen LogP contribution < -0.4 is 5.73 Å². The van der Waals surface area contributed by atoms with Gasteiger partial charge in [0.05, 0.1) is 0 Å². The van der Waals surface area contributed by atoms with Crippen molar-refractivity contribution in [2.45, 2.75) is 57.9 Å². The quantitative estimate of drug-likeness (QED) is 0.772. The Morgan fingerprint density at radius 1 is 0.905 bits per heavy atom. The number of rotatable bonds is 2. The van der Waals surface area contributed by atoms with Gasteiger partial charge < -0.3 is 5.73 Å². The minimum atomic E-state index is 0.189. The van der Waals surface area contributed by atoms with Crippen LogP contribution >= 0.6 is 0 Å². The smallest absolute Gasteiger partial charge is 0.0332 e. The maximum Gasteiger partial charge on any atom is 0.0332 e. The molecule has 1 aliphatic carbocycles. The molecule has 1 saturated carbocycles. The van der Waals surface area contributed by atoms with E-state index in [9.17, 15) is 0 Å². The fraction of sp³-hybridized carbons (Fsp3) is 0.500. The highest BCUT2D eigenvalue weighted by Gasteiger charge is 2.23. The Balaban J connectivity index is 1.96. The van der Waals surface area contributed by atoms with E-state index >= 15 is 0 Å². The van der Waals surface area contributed by atoms with E-state index in [2.05, 4.69) is 43.3 Å². The van der Waals surface area contributed by atoms with E-state index in [0.717, 1.165) is 0 Å². The first kappa shape index (κ1) is 14.6. The Bertz CT molecular complexity index is 594. The molecule has 0 aliphatic heterocycles. The van der Waals surface area contributed by atoms with Gasteiger partial charge in [0.25, 0.3) is 0 Å². The number of hydrogen-bond donors (Lipinski definition) is 1. The van der Waals surface area contributed by atoms with Crippen LogP contribution in [0.5, 0.6) is 0 Å². The molecule has 0 bridgehead atoms. The van der Waals surface area contributed by atoms with Crippen LogP contribution in [-0.4, -0.2) is 0 Å². The van der Waals surface area contributed by atoms with Crippen molar-refractivity contribution in [1.82, 2.24) is 0 Å². The Labute approximate surface area is 128 Å². The SMILES string of the molecule is Cc1ccc2ccccc2c1C(N)C1CCCCCCC1. The molecule has 1 nitrogen and oxygen atoms in total. The molecular formula is C20H27N. The molecule has 2 aromatic rings. The van der Waals surface area contributed by atoms with Gasteiger partial charge in [0.1, 0.15) is 0 Å². The summed E-state index contributed by atoms with van der Waals surface area (Å²) in [6.45, 7) is 2.21. The van der Waals surface area contributed by atoms with Crippen LogP contribution in [0.3, 0.4) is 0 Å². The van der Waals surface area contributed by atoms with E-state index in [1.165, 1.54) is 66.8 Å². The third-order valence-corrected chi connectivity index (χ3v) is 5.18. The summed E-state index contributed by atoms with van der Waals surface area (Å²) in [5.41, 5.74) is 9.50. The average molecular weight is 281 g/mol. The van der Waals surface area contributed by atoms with Gasteiger partial charge in [-0.2, -0.15) is 0 Å². The van der Waals surface area contributed by atoms with E-state index in [4.69, 9.17) is 5.73 Å². The summed E-state index contributed by atoms with van der Waals surface area (Å²) >= 11 is 0. The lowest BCUT2D eigenvalue weighted by molar-refractivity contribution is 0.328. The molecule has 1 unspecified atom stereocenters. The summed E-state index contributed by atoms with van der Waals surface area (Å²) in [6, 6.07) is 13.3. The summed E-state index contributed by atoms with van der Waals surface area (Å²) in [5.74, 6) is 0.648. The predicted molar refractivity (Wildman–Crippen MR) is 91.4 cm³/mol. The maximum absolute atomic E-state index is 6.76. The van der Waals surface area contributed by atoms with Crippen molar-refractivity contribution in [3.8, 4) is 0 Å². The molecular weight excluding hydrogens is 254 g/mol. The average Bonchev–Trinajstić information content (AvgIpc) is 2.46. The summed E-state index contributed by atoms with van der Waals surface area (Å²) in [5, 5.41) is 2.67. The molecule has 0 heterocycles. The first-order chi connectivity index (χ1) is 10.3. The highest BCUT2D eigenvalue weighted by atomic mass is 14.7. The lowest BCUT2D eigenvalue weighted by Gasteiger charge is -2.28. The van der Waals surface area contributed by atoms with E-state index in [0.29, 0.717) is 5.92 Å². The molecule has 1 fully saturated rings. The third kappa shape index (κ3) is 3.13. The highest BCUT2D eigenvalue weighted by Crippen LogP contribution is 2.36. The van der Waals surface area contributed by atoms with E-state index < -0.39 is 0 Å². The second kappa shape index (κ2) is 6.62. The van der Waals surface area contributed by atoms with Gasteiger partial charge in [-0.3, -0.25) is 0 Å². The normalized spacial score (nSPS) is 19.1. The lowest BCUT2D eigenvalue weighted by Crippen LogP contribution is -2.23. The number of aryl methyl sites for hydroxylation is 1. The fourth-order valence-electron chi connectivity index (χ4n) is 3.93. The minimum absolute atomic E-state index is 0.189. The van der Waals surface area contributed by atoms with E-state index in [1.807, 2.05) is 0 Å². The second-order valence-corrected chi connectivity index (χ2v) is 6.65. The van der Waals surface area contributed by atoms with Crippen molar-refractivity contribution in [2.75, 3.05) is 0 Å². The van der Waals surface area contributed by atoms with Crippen LogP contribution in [0.25, 0.3) is 10.8 Å². The zero-order valence-corrected chi connectivity index (χ0v) is 13.1. The molecule has 1 atom stereocenters. The summed E-state index contributed by atoms with van der Waals surface area (Å²) in [4.78, 5) is 0. The molecule has 1 aliphatic rings. The van der Waals surface area contributed by atoms with Crippen molar-refractivity contribution in [2.24, 2.45) is 11.7 Å². The monoisotopic (exact) mass is 281 g/mol. The number of benzene rings is 2. The van der Waals surface area contributed by atoms with Crippen molar-refractivity contribution in [3.05, 3.63) is 47.5 Å². The van der Waals surface area contributed by atoms with Crippen molar-refractivity contribution in [1.29, 1.82) is 0 Å². The van der Waals surface area contributed by atoms with Crippen LogP contribution in [0.15, 0.2) is 36.4 Å². The molecule has 3 rings (SSSR count). The fourth-order valence-corrected chi connectivity index (χ4v) is 3.93. The molecule has 2 aromatic carbocycles. The third-order valence-electron chi connectivity index (χ3n) is 5.18. The second-order valence-electron chi connectivity index (χ2n) is 6.65. The highest BCUT2D eigenvalue weighted by molar-refractivity contribution is 5.87. The largest absolute Gasteiger partial charge is 0.324 e. The maximum atomic E-state index is 6.76. The molecule has 0 saturated heterocycles. The summed E-state index contributed by atoms with van der Waals surface area (Å²) in [7, 11) is 0. The topological polar surface area (TPSA) is 26.0 Å². The van der Waals surface area contributed by atoms with Gasteiger partial charge in [0, 0.05) is 6.04 Å². The van der Waals surface area contributed by atoms with E-state index in [1.54, 1.807) is 0 Å². The van der Waals surface area contributed by atoms with Crippen LogP contribution in [0.4, 0.5) is 0 Å². The van der Waals surface area contributed by atoms with Gasteiger partial charge in [0.15, 0.2) is 0 Å². The van der Waals surface area contributed by atoms with Crippen molar-refractivity contribution < 1.29 is 0 Å². The first-order valence-corrected chi connectivity index (χ1v) is 8.51. The van der Waals surface area contributed by atoms with Gasteiger partial charge in [-0.1, -0.05) is 68.5 Å². The molecule has 2 N–H and O–H groups in total. The molecule has 1 heteroatoms. The molecule has 112 valence electrons. The zero-order valence-electron chi connectivity index (χ0n) is 13.1. The molecule has 21 heavy (non-hydrogen) atoms. The van der Waals surface area contributed by atoms with Crippen molar-refractivity contribution >= 4 is 10.8 Å². The number of hydrogen-bond acceptors (Lipinski definition) is 1. The first-order valence-electron chi connectivity index (χ1n) is 8.51. The Kier molecular flexibility index (Phi) is 4.60. The Morgan fingerprint density at radius 2 is 1.57 bits per heavy atom. The standard InChI is InChI=1S/C20H27N/c1-15-13-14-16-9-7-8-12-18(16)19(15)20(21)17-10-5-3-2-4-6-11-17/h7-9,12-14,17,20H,2-6,10-11,21H2,1H3. The molecule has 0 aromatic heterocycles. The van der Waals surface area contributed by atoms with Crippen LogP contribution in [0.2, 0.25) is 0 Å². The summed E-state index contributed by atoms with van der Waals surface area (Å²) < 4.78 is 0. The van der Waals surface area contributed by atoms with Gasteiger partial charge in [-0.15, -0.1) is 0 Å². The zero-order chi connectivity index (χ0) is 14.7. The Hall–Kier alpha value is -1.34. The predicted octanol–water partition coefficient (Wildman–Crippen LogP) is 5.51. The van der Waals surface area contributed by atoms with E-state index in [-0.39, 0.29) is 6.04 Å². The number of nitrogens with two attached hydrogens (primary N) is 1. The van der Waals surface area contributed by atoms with Gasteiger partial charge >= 0.3 is 0 Å². The van der Waals surface area contributed by atoms with Gasteiger partial charge in [-0.05, 0) is 47.6 Å². The molecule has 0 amide bonds. The van der Waals surface area contributed by atoms with Crippen LogP contribution in [0.1, 0.15) is 62.1 Å². The van der Waals surface area contributed by atoms with Crippen molar-refractivity contribution in [3.63, 3.8) is 0 Å². The Morgan fingerprint density at radius 3 is 2.33 bits per heavy atom. The van der Waals surface area contributed by atoms with Gasteiger partial charge in [-0.25, -0.2) is 0 Å². The molecule has 0 radical (unpaired) electrons. The van der Waals surface area contributed by atoms with Crippen LogP contribution in [-0.2, 0) is 0 Å². The van der Waals surface area contributed by atoms with Gasteiger partial charge in [0.2, 0.25) is 0 Å².